The maximum atomic E-state index is 12.7. The molecule has 1 fully saturated rings. The SMILES string of the molecule is CO/C=C(/c1ccc(F)cc1)C1CC1. The van der Waals surface area contributed by atoms with Gasteiger partial charge in [-0.2, -0.15) is 0 Å². The van der Waals surface area contributed by atoms with Crippen LogP contribution in [0.15, 0.2) is 30.5 Å². The van der Waals surface area contributed by atoms with Crippen LogP contribution in [0.5, 0.6) is 0 Å². The highest BCUT2D eigenvalue weighted by molar-refractivity contribution is 5.68. The van der Waals surface area contributed by atoms with Gasteiger partial charge in [0.05, 0.1) is 13.4 Å². The van der Waals surface area contributed by atoms with Crippen LogP contribution in [0.3, 0.4) is 0 Å². The number of halogens is 1. The maximum Gasteiger partial charge on any atom is 0.123 e. The van der Waals surface area contributed by atoms with Crippen molar-refractivity contribution in [1.29, 1.82) is 0 Å². The smallest absolute Gasteiger partial charge is 0.123 e. The summed E-state index contributed by atoms with van der Waals surface area (Å²) in [6.45, 7) is 0. The molecule has 1 aliphatic rings. The van der Waals surface area contributed by atoms with Crippen LogP contribution in [0.2, 0.25) is 0 Å². The second kappa shape index (κ2) is 3.82. The summed E-state index contributed by atoms with van der Waals surface area (Å²) in [7, 11) is 1.64. The van der Waals surface area contributed by atoms with Crippen molar-refractivity contribution in [2.75, 3.05) is 7.11 Å². The number of hydrogen-bond acceptors (Lipinski definition) is 1. The number of hydrogen-bond donors (Lipinski definition) is 0. The van der Waals surface area contributed by atoms with E-state index >= 15 is 0 Å². The minimum Gasteiger partial charge on any atom is -0.504 e. The molecule has 0 heterocycles. The molecule has 2 heteroatoms. The fraction of sp³-hybridized carbons (Fsp3) is 0.333. The Hall–Kier alpha value is -1.31. The first-order chi connectivity index (χ1) is 6.81. The summed E-state index contributed by atoms with van der Waals surface area (Å²) in [5.74, 6) is 0.418. The van der Waals surface area contributed by atoms with E-state index in [0.717, 1.165) is 5.56 Å². The van der Waals surface area contributed by atoms with Gasteiger partial charge in [0.25, 0.3) is 0 Å². The molecule has 0 saturated heterocycles. The summed E-state index contributed by atoms with van der Waals surface area (Å²) < 4.78 is 17.7. The van der Waals surface area contributed by atoms with Gasteiger partial charge in [-0.1, -0.05) is 12.1 Å². The second-order valence-electron chi connectivity index (χ2n) is 3.59. The van der Waals surface area contributed by atoms with E-state index in [2.05, 4.69) is 0 Å². The van der Waals surface area contributed by atoms with Gasteiger partial charge in [0.2, 0.25) is 0 Å². The van der Waals surface area contributed by atoms with Gasteiger partial charge in [0.15, 0.2) is 0 Å². The van der Waals surface area contributed by atoms with Gasteiger partial charge >= 0.3 is 0 Å². The largest absolute Gasteiger partial charge is 0.504 e. The molecule has 0 bridgehead atoms. The van der Waals surface area contributed by atoms with Gasteiger partial charge in [0.1, 0.15) is 5.82 Å². The van der Waals surface area contributed by atoms with Crippen LogP contribution in [-0.2, 0) is 4.74 Å². The summed E-state index contributed by atoms with van der Waals surface area (Å²) in [4.78, 5) is 0. The molecule has 0 unspecified atom stereocenters. The third-order valence-electron chi connectivity index (χ3n) is 2.44. The molecule has 0 aliphatic heterocycles. The Labute approximate surface area is 83.2 Å². The Morgan fingerprint density at radius 3 is 2.50 bits per heavy atom. The summed E-state index contributed by atoms with van der Waals surface area (Å²) in [5.41, 5.74) is 2.25. The number of benzene rings is 1. The van der Waals surface area contributed by atoms with Gasteiger partial charge in [-0.05, 0) is 42.0 Å². The van der Waals surface area contributed by atoms with Crippen molar-refractivity contribution in [3.63, 3.8) is 0 Å². The van der Waals surface area contributed by atoms with E-state index in [9.17, 15) is 4.39 Å². The van der Waals surface area contributed by atoms with E-state index in [1.807, 2.05) is 0 Å². The zero-order valence-electron chi connectivity index (χ0n) is 8.16. The normalized spacial score (nSPS) is 16.9. The van der Waals surface area contributed by atoms with Crippen LogP contribution in [0.1, 0.15) is 18.4 Å². The number of rotatable bonds is 3. The highest BCUT2D eigenvalue weighted by atomic mass is 19.1. The molecule has 0 atom stereocenters. The van der Waals surface area contributed by atoms with Crippen molar-refractivity contribution in [2.24, 2.45) is 5.92 Å². The van der Waals surface area contributed by atoms with Crippen molar-refractivity contribution in [1.82, 2.24) is 0 Å². The standard InChI is InChI=1S/C12H13FO/c1-14-8-12(9-2-3-9)10-4-6-11(13)7-5-10/h4-9H,2-3H2,1H3/b12-8+. The molecule has 0 spiro atoms. The molecular weight excluding hydrogens is 179 g/mol. The third-order valence-corrected chi connectivity index (χ3v) is 2.44. The van der Waals surface area contributed by atoms with Crippen LogP contribution in [0.25, 0.3) is 5.57 Å². The van der Waals surface area contributed by atoms with Crippen LogP contribution >= 0.6 is 0 Å². The fourth-order valence-electron chi connectivity index (χ4n) is 1.56. The van der Waals surface area contributed by atoms with E-state index in [1.165, 1.54) is 30.5 Å². The van der Waals surface area contributed by atoms with Crippen molar-refractivity contribution in [3.8, 4) is 0 Å². The van der Waals surface area contributed by atoms with Crippen molar-refractivity contribution < 1.29 is 9.13 Å². The molecule has 1 aliphatic carbocycles. The molecule has 14 heavy (non-hydrogen) atoms. The molecule has 0 amide bonds. The lowest BCUT2D eigenvalue weighted by molar-refractivity contribution is 0.338. The van der Waals surface area contributed by atoms with E-state index in [0.29, 0.717) is 5.92 Å². The second-order valence-corrected chi connectivity index (χ2v) is 3.59. The predicted molar refractivity (Wildman–Crippen MR) is 54.1 cm³/mol. The quantitative estimate of drug-likeness (QED) is 0.668. The average molecular weight is 192 g/mol. The topological polar surface area (TPSA) is 9.23 Å². The van der Waals surface area contributed by atoms with E-state index in [1.54, 1.807) is 25.5 Å². The first kappa shape index (κ1) is 9.25. The molecule has 1 aromatic rings. The van der Waals surface area contributed by atoms with E-state index < -0.39 is 0 Å². The number of methoxy groups -OCH3 is 1. The Morgan fingerprint density at radius 2 is 2.00 bits per heavy atom. The Morgan fingerprint density at radius 1 is 1.36 bits per heavy atom. The van der Waals surface area contributed by atoms with Gasteiger partial charge in [-0.25, -0.2) is 4.39 Å². The molecule has 0 aromatic heterocycles. The predicted octanol–water partition coefficient (Wildman–Crippen LogP) is 3.22. The minimum absolute atomic E-state index is 0.193. The molecular formula is C12H13FO. The molecule has 1 aromatic carbocycles. The Kier molecular flexibility index (Phi) is 2.53. The summed E-state index contributed by atoms with van der Waals surface area (Å²) in [6.07, 6.45) is 4.20. The molecule has 1 nitrogen and oxygen atoms in total. The first-order valence-corrected chi connectivity index (χ1v) is 4.80. The van der Waals surface area contributed by atoms with Crippen LogP contribution in [0.4, 0.5) is 4.39 Å². The van der Waals surface area contributed by atoms with Gasteiger partial charge in [-0.3, -0.25) is 0 Å². The van der Waals surface area contributed by atoms with Gasteiger partial charge < -0.3 is 4.74 Å². The minimum atomic E-state index is -0.193. The summed E-state index contributed by atoms with van der Waals surface area (Å²) >= 11 is 0. The molecule has 1 saturated carbocycles. The highest BCUT2D eigenvalue weighted by Crippen LogP contribution is 2.41. The Bertz CT molecular complexity index is 336. The molecule has 2 rings (SSSR count). The van der Waals surface area contributed by atoms with Gasteiger partial charge in [0, 0.05) is 0 Å². The molecule has 74 valence electrons. The monoisotopic (exact) mass is 192 g/mol. The summed E-state index contributed by atoms with van der Waals surface area (Å²) in [5, 5.41) is 0. The van der Waals surface area contributed by atoms with Gasteiger partial charge in [-0.15, -0.1) is 0 Å². The van der Waals surface area contributed by atoms with Crippen molar-refractivity contribution >= 4 is 5.57 Å². The third kappa shape index (κ3) is 1.95. The zero-order chi connectivity index (χ0) is 9.97. The lowest BCUT2D eigenvalue weighted by atomic mass is 10.0. The molecule has 0 radical (unpaired) electrons. The lowest BCUT2D eigenvalue weighted by Gasteiger charge is -2.05. The fourth-order valence-corrected chi connectivity index (χ4v) is 1.56. The van der Waals surface area contributed by atoms with Crippen LogP contribution in [-0.4, -0.2) is 7.11 Å². The van der Waals surface area contributed by atoms with Crippen molar-refractivity contribution in [2.45, 2.75) is 12.8 Å². The van der Waals surface area contributed by atoms with E-state index in [-0.39, 0.29) is 5.82 Å². The first-order valence-electron chi connectivity index (χ1n) is 4.80. The number of allylic oxidation sites excluding steroid dienone is 1. The lowest BCUT2D eigenvalue weighted by Crippen LogP contribution is -1.88. The van der Waals surface area contributed by atoms with Crippen molar-refractivity contribution in [3.05, 3.63) is 41.9 Å². The van der Waals surface area contributed by atoms with E-state index in [4.69, 9.17) is 4.74 Å². The highest BCUT2D eigenvalue weighted by Gasteiger charge is 2.27. The maximum absolute atomic E-state index is 12.7. The number of ether oxygens (including phenoxy) is 1. The van der Waals surface area contributed by atoms with Crippen LogP contribution < -0.4 is 0 Å². The molecule has 0 N–H and O–H groups in total. The summed E-state index contributed by atoms with van der Waals surface area (Å²) in [6, 6.07) is 6.58. The Balaban J connectivity index is 2.26. The van der Waals surface area contributed by atoms with Crippen LogP contribution in [0, 0.1) is 11.7 Å². The average Bonchev–Trinajstić information content (AvgIpc) is 2.99. The zero-order valence-corrected chi connectivity index (χ0v) is 8.16.